The highest BCUT2D eigenvalue weighted by molar-refractivity contribution is 6.63. The molecule has 0 aromatic carbocycles. The van der Waals surface area contributed by atoms with Gasteiger partial charge in [-0.3, -0.25) is 9.59 Å². The molecule has 0 spiro atoms. The first-order valence-corrected chi connectivity index (χ1v) is 3.83. The predicted molar refractivity (Wildman–Crippen MR) is 41.5 cm³/mol. The van der Waals surface area contributed by atoms with E-state index in [1.54, 1.807) is 6.92 Å². The predicted octanol–water partition coefficient (Wildman–Crippen LogP) is 1.64. The highest BCUT2D eigenvalue weighted by Crippen LogP contribution is 2.08. The summed E-state index contributed by atoms with van der Waals surface area (Å²) >= 11 is 5.05. The van der Waals surface area contributed by atoms with Gasteiger partial charge in [0.25, 0.3) is 0 Å². The van der Waals surface area contributed by atoms with Crippen LogP contribution in [-0.4, -0.2) is 16.3 Å². The Bertz CT molecular complexity index is 156. The topological polar surface area (TPSA) is 54.4 Å². The minimum absolute atomic E-state index is 0.263. The molecule has 0 radical (unpaired) electrons. The summed E-state index contributed by atoms with van der Waals surface area (Å²) in [5, 5.41) is 8.03. The molecule has 0 saturated carbocycles. The Kier molecular flexibility index (Phi) is 4.86. The quantitative estimate of drug-likeness (QED) is 0.652. The van der Waals surface area contributed by atoms with Gasteiger partial charge in [0, 0.05) is 6.42 Å². The maximum atomic E-state index is 10.3. The first kappa shape index (κ1) is 10.4. The molecule has 0 fully saturated rings. The van der Waals surface area contributed by atoms with Crippen LogP contribution in [0.5, 0.6) is 0 Å². The van der Waals surface area contributed by atoms with Gasteiger partial charge < -0.3 is 5.11 Å². The maximum absolute atomic E-state index is 10.3. The molecule has 1 unspecified atom stereocenters. The highest BCUT2D eigenvalue weighted by atomic mass is 35.5. The van der Waals surface area contributed by atoms with Gasteiger partial charge in [-0.15, -0.1) is 0 Å². The molecule has 1 N–H and O–H groups in total. The largest absolute Gasteiger partial charge is 0.481 e. The van der Waals surface area contributed by atoms with Crippen LogP contribution >= 0.6 is 11.6 Å². The van der Waals surface area contributed by atoms with Gasteiger partial charge in [-0.2, -0.15) is 0 Å². The van der Waals surface area contributed by atoms with E-state index in [1.165, 1.54) is 0 Å². The molecule has 0 bridgehead atoms. The van der Waals surface area contributed by atoms with E-state index in [9.17, 15) is 9.59 Å². The van der Waals surface area contributed by atoms with Crippen LogP contribution in [-0.2, 0) is 9.59 Å². The summed E-state index contributed by atoms with van der Waals surface area (Å²) in [7, 11) is 0. The van der Waals surface area contributed by atoms with Gasteiger partial charge in [-0.1, -0.05) is 6.92 Å². The highest BCUT2D eigenvalue weighted by Gasteiger charge is 2.10. The molecule has 0 aromatic heterocycles. The molecule has 0 aliphatic heterocycles. The molecule has 3 nitrogen and oxygen atoms in total. The van der Waals surface area contributed by atoms with Crippen LogP contribution in [0.15, 0.2) is 0 Å². The van der Waals surface area contributed by atoms with E-state index in [0.717, 1.165) is 0 Å². The van der Waals surface area contributed by atoms with E-state index in [0.29, 0.717) is 12.8 Å². The van der Waals surface area contributed by atoms with Crippen molar-refractivity contribution in [2.75, 3.05) is 0 Å². The second kappa shape index (κ2) is 5.13. The lowest BCUT2D eigenvalue weighted by Crippen LogP contribution is -2.09. The standard InChI is InChI=1S/C7H11ClO3/c1-5(7(10)11)3-2-4-6(8)9/h5H,2-4H2,1H3,(H,10,11). The average molecular weight is 179 g/mol. The van der Waals surface area contributed by atoms with Crippen molar-refractivity contribution in [1.82, 2.24) is 0 Å². The van der Waals surface area contributed by atoms with E-state index < -0.39 is 11.2 Å². The van der Waals surface area contributed by atoms with Crippen LogP contribution in [0.2, 0.25) is 0 Å². The number of hydrogen-bond donors (Lipinski definition) is 1. The van der Waals surface area contributed by atoms with E-state index in [1.807, 2.05) is 0 Å². The fraction of sp³-hybridized carbons (Fsp3) is 0.714. The lowest BCUT2D eigenvalue weighted by Gasteiger charge is -2.02. The zero-order valence-corrected chi connectivity index (χ0v) is 7.10. The minimum atomic E-state index is -0.827. The van der Waals surface area contributed by atoms with E-state index in [-0.39, 0.29) is 12.3 Å². The number of hydrogen-bond acceptors (Lipinski definition) is 2. The molecule has 0 rings (SSSR count). The average Bonchev–Trinajstić information content (AvgIpc) is 1.86. The summed E-state index contributed by atoms with van der Waals surface area (Å²) in [6.45, 7) is 1.61. The first-order valence-electron chi connectivity index (χ1n) is 3.45. The molecule has 64 valence electrons. The summed E-state index contributed by atoms with van der Waals surface area (Å²) in [6, 6.07) is 0. The van der Waals surface area contributed by atoms with Gasteiger partial charge in [-0.05, 0) is 24.4 Å². The molecule has 1 atom stereocenters. The smallest absolute Gasteiger partial charge is 0.306 e. The third kappa shape index (κ3) is 5.85. The monoisotopic (exact) mass is 178 g/mol. The Hall–Kier alpha value is -0.570. The van der Waals surface area contributed by atoms with Crippen molar-refractivity contribution in [1.29, 1.82) is 0 Å². The normalized spacial score (nSPS) is 12.5. The van der Waals surface area contributed by atoms with Crippen LogP contribution in [0.25, 0.3) is 0 Å². The van der Waals surface area contributed by atoms with Gasteiger partial charge in [0.15, 0.2) is 0 Å². The van der Waals surface area contributed by atoms with Crippen LogP contribution in [0.3, 0.4) is 0 Å². The van der Waals surface area contributed by atoms with E-state index >= 15 is 0 Å². The maximum Gasteiger partial charge on any atom is 0.306 e. The Morgan fingerprint density at radius 1 is 1.55 bits per heavy atom. The van der Waals surface area contributed by atoms with Crippen molar-refractivity contribution < 1.29 is 14.7 Å². The second-order valence-electron chi connectivity index (χ2n) is 2.49. The summed E-state index contributed by atoms with van der Waals surface area (Å²) in [6.07, 6.45) is 1.32. The molecular formula is C7H11ClO3. The van der Waals surface area contributed by atoms with Crippen molar-refractivity contribution in [3.8, 4) is 0 Å². The number of aliphatic carboxylic acids is 1. The van der Waals surface area contributed by atoms with Crippen LogP contribution < -0.4 is 0 Å². The molecule has 0 aliphatic carbocycles. The van der Waals surface area contributed by atoms with Gasteiger partial charge in [0.2, 0.25) is 5.24 Å². The third-order valence-corrected chi connectivity index (χ3v) is 1.62. The minimum Gasteiger partial charge on any atom is -0.481 e. The Morgan fingerprint density at radius 3 is 2.45 bits per heavy atom. The lowest BCUT2D eigenvalue weighted by atomic mass is 10.1. The van der Waals surface area contributed by atoms with Crippen LogP contribution in [0.1, 0.15) is 26.2 Å². The molecule has 4 heteroatoms. The Morgan fingerprint density at radius 2 is 2.09 bits per heavy atom. The molecule has 0 aromatic rings. The first-order chi connectivity index (χ1) is 5.04. The summed E-state index contributed by atoms with van der Waals surface area (Å²) in [5.41, 5.74) is 0. The van der Waals surface area contributed by atoms with E-state index in [2.05, 4.69) is 0 Å². The van der Waals surface area contributed by atoms with Crippen molar-refractivity contribution in [3.05, 3.63) is 0 Å². The summed E-state index contributed by atoms with van der Waals surface area (Å²) < 4.78 is 0. The molecule has 0 aliphatic rings. The van der Waals surface area contributed by atoms with Crippen molar-refractivity contribution in [2.45, 2.75) is 26.2 Å². The molecule has 0 saturated heterocycles. The van der Waals surface area contributed by atoms with Gasteiger partial charge in [-0.25, -0.2) is 0 Å². The summed E-state index contributed by atoms with van der Waals surface area (Å²) in [4.78, 5) is 20.5. The molecular weight excluding hydrogens is 168 g/mol. The van der Waals surface area contributed by atoms with Crippen LogP contribution in [0, 0.1) is 5.92 Å². The fourth-order valence-corrected chi connectivity index (χ4v) is 0.804. The number of carboxylic acids is 1. The van der Waals surface area contributed by atoms with Gasteiger partial charge in [0.05, 0.1) is 5.92 Å². The lowest BCUT2D eigenvalue weighted by molar-refractivity contribution is -0.141. The molecule has 0 heterocycles. The number of carbonyl (C=O) groups is 2. The zero-order chi connectivity index (χ0) is 8.85. The number of halogens is 1. The number of carbonyl (C=O) groups excluding carboxylic acids is 1. The zero-order valence-electron chi connectivity index (χ0n) is 6.34. The van der Waals surface area contributed by atoms with Gasteiger partial charge in [0.1, 0.15) is 0 Å². The fourth-order valence-electron chi connectivity index (χ4n) is 0.671. The Labute approximate surface area is 70.3 Å². The number of rotatable bonds is 5. The van der Waals surface area contributed by atoms with Gasteiger partial charge >= 0.3 is 5.97 Å². The van der Waals surface area contributed by atoms with Crippen molar-refractivity contribution >= 4 is 22.8 Å². The van der Waals surface area contributed by atoms with Crippen LogP contribution in [0.4, 0.5) is 0 Å². The Balaban J connectivity index is 3.39. The van der Waals surface area contributed by atoms with E-state index in [4.69, 9.17) is 16.7 Å². The molecule has 0 amide bonds. The van der Waals surface area contributed by atoms with Crippen molar-refractivity contribution in [2.24, 2.45) is 5.92 Å². The summed E-state index contributed by atoms with van der Waals surface area (Å²) in [5.74, 6) is -1.21. The number of carboxylic acid groups (broad SMARTS) is 1. The second-order valence-corrected chi connectivity index (χ2v) is 2.91. The SMILES string of the molecule is CC(CCCC(=O)Cl)C(=O)O. The molecule has 11 heavy (non-hydrogen) atoms. The van der Waals surface area contributed by atoms with Crippen molar-refractivity contribution in [3.63, 3.8) is 0 Å². The third-order valence-electron chi connectivity index (χ3n) is 1.43.